The van der Waals surface area contributed by atoms with Gasteiger partial charge in [0.2, 0.25) is 15.9 Å². The number of rotatable bonds is 6. The molecule has 0 radical (unpaired) electrons. The molecule has 4 rings (SSSR count). The Labute approximate surface area is 189 Å². The van der Waals surface area contributed by atoms with Gasteiger partial charge < -0.3 is 19.7 Å². The van der Waals surface area contributed by atoms with Crippen LogP contribution in [0.25, 0.3) is 0 Å². The second kappa shape index (κ2) is 9.89. The van der Waals surface area contributed by atoms with Crippen LogP contribution >= 0.6 is 0 Å². The average molecular weight is 460 g/mol. The Bertz CT molecular complexity index is 1020. The third-order valence-electron chi connectivity index (χ3n) is 5.96. The number of carbonyl (C=O) groups is 1. The Kier molecular flexibility index (Phi) is 6.98. The van der Waals surface area contributed by atoms with E-state index in [-0.39, 0.29) is 17.3 Å². The van der Waals surface area contributed by atoms with E-state index in [2.05, 4.69) is 10.2 Å². The lowest BCUT2D eigenvalue weighted by Crippen LogP contribution is -2.43. The maximum absolute atomic E-state index is 13.0. The van der Waals surface area contributed by atoms with Crippen molar-refractivity contribution in [3.63, 3.8) is 0 Å². The van der Waals surface area contributed by atoms with Crippen molar-refractivity contribution < 1.29 is 22.7 Å². The summed E-state index contributed by atoms with van der Waals surface area (Å²) in [4.78, 5) is 15.3. The van der Waals surface area contributed by atoms with Crippen LogP contribution < -0.4 is 15.0 Å². The summed E-state index contributed by atoms with van der Waals surface area (Å²) >= 11 is 0. The van der Waals surface area contributed by atoms with Gasteiger partial charge in [-0.15, -0.1) is 0 Å². The number of anilines is 2. The summed E-state index contributed by atoms with van der Waals surface area (Å²) in [5.74, 6) is 0.0499. The van der Waals surface area contributed by atoms with E-state index in [1.807, 2.05) is 24.3 Å². The van der Waals surface area contributed by atoms with Gasteiger partial charge in [0.1, 0.15) is 5.75 Å². The molecule has 1 N–H and O–H groups in total. The van der Waals surface area contributed by atoms with Crippen LogP contribution in [-0.2, 0) is 19.6 Å². The number of amides is 1. The highest BCUT2D eigenvalue weighted by atomic mass is 32.2. The highest BCUT2D eigenvalue weighted by Crippen LogP contribution is 2.26. The van der Waals surface area contributed by atoms with Gasteiger partial charge in [-0.3, -0.25) is 4.79 Å². The predicted molar refractivity (Wildman–Crippen MR) is 123 cm³/mol. The number of ether oxygens (including phenoxy) is 2. The molecule has 2 aromatic rings. The van der Waals surface area contributed by atoms with Crippen LogP contribution in [0, 0.1) is 5.92 Å². The molecular formula is C23H29N3O5S. The van der Waals surface area contributed by atoms with E-state index in [0.717, 1.165) is 32.0 Å². The van der Waals surface area contributed by atoms with Crippen LogP contribution in [0.4, 0.5) is 11.4 Å². The first-order chi connectivity index (χ1) is 15.5. The molecule has 2 heterocycles. The van der Waals surface area contributed by atoms with Gasteiger partial charge >= 0.3 is 0 Å². The van der Waals surface area contributed by atoms with E-state index in [4.69, 9.17) is 9.47 Å². The third kappa shape index (κ3) is 5.06. The van der Waals surface area contributed by atoms with Gasteiger partial charge in [0.25, 0.3) is 0 Å². The number of methoxy groups -OCH3 is 1. The highest BCUT2D eigenvalue weighted by Gasteiger charge is 2.33. The summed E-state index contributed by atoms with van der Waals surface area (Å²) in [5, 5.41) is 2.95. The Morgan fingerprint density at radius 2 is 1.72 bits per heavy atom. The molecule has 1 unspecified atom stereocenters. The topological polar surface area (TPSA) is 88.2 Å². The maximum atomic E-state index is 13.0. The number of morpholine rings is 1. The summed E-state index contributed by atoms with van der Waals surface area (Å²) in [7, 11) is -2.13. The zero-order valence-electron chi connectivity index (χ0n) is 18.2. The molecule has 0 saturated carbocycles. The number of nitrogens with zero attached hydrogens (tertiary/aromatic N) is 2. The lowest BCUT2D eigenvalue weighted by molar-refractivity contribution is -0.120. The fraction of sp³-hybridized carbons (Fsp3) is 0.435. The van der Waals surface area contributed by atoms with Crippen molar-refractivity contribution in [1.29, 1.82) is 0 Å². The third-order valence-corrected chi connectivity index (χ3v) is 7.84. The molecular weight excluding hydrogens is 430 g/mol. The molecule has 0 spiro atoms. The number of benzene rings is 2. The molecule has 2 fully saturated rings. The van der Waals surface area contributed by atoms with Crippen molar-refractivity contribution in [2.45, 2.75) is 17.7 Å². The average Bonchev–Trinajstić information content (AvgIpc) is 2.85. The first-order valence-electron chi connectivity index (χ1n) is 10.9. The van der Waals surface area contributed by atoms with Gasteiger partial charge in [0.15, 0.2) is 0 Å². The quantitative estimate of drug-likeness (QED) is 0.714. The molecule has 0 bridgehead atoms. The number of hydrogen-bond acceptors (Lipinski definition) is 6. The molecule has 9 heteroatoms. The monoisotopic (exact) mass is 459 g/mol. The van der Waals surface area contributed by atoms with E-state index in [9.17, 15) is 13.2 Å². The lowest BCUT2D eigenvalue weighted by atomic mass is 9.98. The highest BCUT2D eigenvalue weighted by molar-refractivity contribution is 7.89. The fourth-order valence-electron chi connectivity index (χ4n) is 4.09. The Balaban J connectivity index is 1.38. The van der Waals surface area contributed by atoms with E-state index in [0.29, 0.717) is 30.8 Å². The summed E-state index contributed by atoms with van der Waals surface area (Å²) < 4.78 is 38.0. The standard InChI is InChI=1S/C23H29N3O5S/c1-30-21-8-10-22(11-9-21)32(28,29)26-12-2-3-18(17-26)23(27)24-19-4-6-20(7-5-19)25-13-15-31-16-14-25/h4-11,18H,2-3,12-17H2,1H3,(H,24,27). The van der Waals surface area contributed by atoms with Crippen LogP contribution in [0.1, 0.15) is 12.8 Å². The van der Waals surface area contributed by atoms with Gasteiger partial charge in [-0.05, 0) is 61.4 Å². The van der Waals surface area contributed by atoms with Crippen molar-refractivity contribution in [1.82, 2.24) is 4.31 Å². The number of carbonyl (C=O) groups excluding carboxylic acids is 1. The molecule has 2 aliphatic rings. The second-order valence-corrected chi connectivity index (χ2v) is 9.95. The SMILES string of the molecule is COc1ccc(S(=O)(=O)N2CCCC(C(=O)Nc3ccc(N4CCOCC4)cc3)C2)cc1. The Morgan fingerprint density at radius 3 is 2.38 bits per heavy atom. The second-order valence-electron chi connectivity index (χ2n) is 8.01. The van der Waals surface area contributed by atoms with Crippen molar-refractivity contribution in [3.05, 3.63) is 48.5 Å². The largest absolute Gasteiger partial charge is 0.497 e. The molecule has 32 heavy (non-hydrogen) atoms. The molecule has 2 saturated heterocycles. The van der Waals surface area contributed by atoms with E-state index < -0.39 is 15.9 Å². The number of sulfonamides is 1. The molecule has 1 amide bonds. The zero-order chi connectivity index (χ0) is 22.6. The van der Waals surface area contributed by atoms with Gasteiger partial charge in [-0.2, -0.15) is 4.31 Å². The van der Waals surface area contributed by atoms with Gasteiger partial charge in [-0.1, -0.05) is 0 Å². The summed E-state index contributed by atoms with van der Waals surface area (Å²) in [6, 6.07) is 14.1. The van der Waals surface area contributed by atoms with Crippen LogP contribution in [0.2, 0.25) is 0 Å². The van der Waals surface area contributed by atoms with Gasteiger partial charge in [-0.25, -0.2) is 8.42 Å². The van der Waals surface area contributed by atoms with E-state index in [1.165, 1.54) is 23.5 Å². The number of hydrogen-bond donors (Lipinski definition) is 1. The summed E-state index contributed by atoms with van der Waals surface area (Å²) in [6.07, 6.45) is 1.30. The van der Waals surface area contributed by atoms with Gasteiger partial charge in [0, 0.05) is 37.6 Å². The first-order valence-corrected chi connectivity index (χ1v) is 12.3. The maximum Gasteiger partial charge on any atom is 0.243 e. The zero-order valence-corrected chi connectivity index (χ0v) is 19.0. The normalized spacial score (nSPS) is 20.0. The van der Waals surface area contributed by atoms with E-state index in [1.54, 1.807) is 12.1 Å². The summed E-state index contributed by atoms with van der Waals surface area (Å²) in [6.45, 7) is 3.73. The van der Waals surface area contributed by atoms with Gasteiger partial charge in [0.05, 0.1) is 31.1 Å². The molecule has 8 nitrogen and oxygen atoms in total. The van der Waals surface area contributed by atoms with Crippen molar-refractivity contribution >= 4 is 27.3 Å². The Hall–Kier alpha value is -2.62. The smallest absolute Gasteiger partial charge is 0.243 e. The molecule has 2 aromatic carbocycles. The molecule has 1 atom stereocenters. The fourth-order valence-corrected chi connectivity index (χ4v) is 5.62. The molecule has 172 valence electrons. The van der Waals surface area contributed by atoms with E-state index >= 15 is 0 Å². The predicted octanol–water partition coefficient (Wildman–Crippen LogP) is 2.57. The van der Waals surface area contributed by atoms with Crippen LogP contribution in [0.3, 0.4) is 0 Å². The summed E-state index contributed by atoms with van der Waals surface area (Å²) in [5.41, 5.74) is 1.81. The van der Waals surface area contributed by atoms with Crippen LogP contribution in [-0.4, -0.2) is 65.1 Å². The number of nitrogens with one attached hydrogen (secondary N) is 1. The Morgan fingerprint density at radius 1 is 1.03 bits per heavy atom. The lowest BCUT2D eigenvalue weighted by Gasteiger charge is -2.31. The minimum atomic E-state index is -3.66. The van der Waals surface area contributed by atoms with Crippen LogP contribution in [0.15, 0.2) is 53.4 Å². The van der Waals surface area contributed by atoms with Crippen molar-refractivity contribution in [2.75, 3.05) is 56.7 Å². The van der Waals surface area contributed by atoms with Crippen LogP contribution in [0.5, 0.6) is 5.75 Å². The minimum Gasteiger partial charge on any atom is -0.497 e. The molecule has 2 aliphatic heterocycles. The molecule has 0 aromatic heterocycles. The van der Waals surface area contributed by atoms with Crippen molar-refractivity contribution in [2.24, 2.45) is 5.92 Å². The minimum absolute atomic E-state index is 0.154. The number of piperidine rings is 1. The van der Waals surface area contributed by atoms with Crippen molar-refractivity contribution in [3.8, 4) is 5.75 Å². The molecule has 0 aliphatic carbocycles. The first kappa shape index (κ1) is 22.6.